The van der Waals surface area contributed by atoms with Crippen molar-refractivity contribution in [1.29, 1.82) is 0 Å². The van der Waals surface area contributed by atoms with Gasteiger partial charge in [0.05, 0.1) is 5.52 Å². The molecule has 0 N–H and O–H groups in total. The Morgan fingerprint density at radius 3 is 2.76 bits per heavy atom. The maximum absolute atomic E-state index is 12.3. The van der Waals surface area contributed by atoms with Crippen molar-refractivity contribution >= 4 is 33.3 Å². The molecule has 1 aliphatic rings. The highest BCUT2D eigenvalue weighted by Crippen LogP contribution is 2.18. The van der Waals surface area contributed by atoms with Crippen LogP contribution in [0.2, 0.25) is 0 Å². The van der Waals surface area contributed by atoms with Crippen LogP contribution in [0.4, 0.5) is 5.13 Å². The second-order valence-electron chi connectivity index (χ2n) is 5.75. The van der Waals surface area contributed by atoms with E-state index < -0.39 is 0 Å². The molecule has 124 valence electrons. The molecule has 25 heavy (non-hydrogen) atoms. The first kappa shape index (κ1) is 15.6. The molecule has 0 atom stereocenters. The third-order valence-corrected chi connectivity index (χ3v) is 5.01. The molecule has 0 radical (unpaired) electrons. The van der Waals surface area contributed by atoms with Crippen molar-refractivity contribution in [3.8, 4) is 11.8 Å². The van der Waals surface area contributed by atoms with Gasteiger partial charge in [0, 0.05) is 60.8 Å². The first-order valence-corrected chi connectivity index (χ1v) is 8.98. The summed E-state index contributed by atoms with van der Waals surface area (Å²) in [6.45, 7) is 2.93. The summed E-state index contributed by atoms with van der Waals surface area (Å²) in [5, 5.41) is 4.05. The Labute approximate surface area is 149 Å². The van der Waals surface area contributed by atoms with Gasteiger partial charge in [0.15, 0.2) is 5.13 Å². The van der Waals surface area contributed by atoms with Gasteiger partial charge in [0.2, 0.25) is 0 Å². The molecule has 1 fully saturated rings. The fraction of sp³-hybridized carbons (Fsp3) is 0.211. The lowest BCUT2D eigenvalue weighted by molar-refractivity contribution is -0.125. The zero-order valence-electron chi connectivity index (χ0n) is 13.6. The summed E-state index contributed by atoms with van der Waals surface area (Å²) in [5.41, 5.74) is 1.69. The van der Waals surface area contributed by atoms with Crippen LogP contribution in [0.3, 0.4) is 0 Å². The van der Waals surface area contributed by atoms with Crippen LogP contribution in [0.25, 0.3) is 10.9 Å². The molecule has 0 saturated carbocycles. The lowest BCUT2D eigenvalue weighted by atomic mass is 10.1. The number of rotatable bonds is 1. The number of piperazine rings is 1. The van der Waals surface area contributed by atoms with Gasteiger partial charge in [0.1, 0.15) is 0 Å². The van der Waals surface area contributed by atoms with Crippen LogP contribution in [0.15, 0.2) is 48.1 Å². The predicted octanol–water partition coefficient (Wildman–Crippen LogP) is 2.39. The summed E-state index contributed by atoms with van der Waals surface area (Å²) in [6.07, 6.45) is 3.56. The summed E-state index contributed by atoms with van der Waals surface area (Å²) in [4.78, 5) is 25.0. The van der Waals surface area contributed by atoms with Gasteiger partial charge < -0.3 is 9.80 Å². The number of anilines is 1. The maximum atomic E-state index is 12.3. The van der Waals surface area contributed by atoms with E-state index >= 15 is 0 Å². The van der Waals surface area contributed by atoms with E-state index in [1.165, 1.54) is 0 Å². The van der Waals surface area contributed by atoms with Crippen molar-refractivity contribution in [2.75, 3.05) is 31.1 Å². The number of amides is 1. The average molecular weight is 348 g/mol. The highest BCUT2D eigenvalue weighted by molar-refractivity contribution is 7.13. The van der Waals surface area contributed by atoms with Crippen molar-refractivity contribution in [3.05, 3.63) is 53.7 Å². The highest BCUT2D eigenvalue weighted by atomic mass is 32.1. The Bertz CT molecular complexity index is 950. The topological polar surface area (TPSA) is 49.3 Å². The fourth-order valence-electron chi connectivity index (χ4n) is 2.82. The molecule has 1 aromatic carbocycles. The second-order valence-corrected chi connectivity index (χ2v) is 6.63. The Morgan fingerprint density at radius 2 is 1.96 bits per heavy atom. The number of aromatic nitrogens is 2. The van der Waals surface area contributed by atoms with Crippen LogP contribution in [0.1, 0.15) is 5.56 Å². The zero-order chi connectivity index (χ0) is 17.1. The fourth-order valence-corrected chi connectivity index (χ4v) is 3.52. The minimum atomic E-state index is -0.125. The number of carbonyl (C=O) groups excluding carboxylic acids is 1. The van der Waals surface area contributed by atoms with Crippen LogP contribution >= 0.6 is 11.3 Å². The molecule has 0 spiro atoms. The van der Waals surface area contributed by atoms with E-state index in [9.17, 15) is 4.79 Å². The molecule has 1 amide bonds. The Balaban J connectivity index is 1.41. The van der Waals surface area contributed by atoms with Gasteiger partial charge in [-0.3, -0.25) is 9.78 Å². The van der Waals surface area contributed by atoms with E-state index in [4.69, 9.17) is 0 Å². The van der Waals surface area contributed by atoms with E-state index in [1.807, 2.05) is 35.7 Å². The highest BCUT2D eigenvalue weighted by Gasteiger charge is 2.21. The van der Waals surface area contributed by atoms with E-state index in [0.717, 1.165) is 34.7 Å². The van der Waals surface area contributed by atoms with Gasteiger partial charge in [-0.05, 0) is 18.2 Å². The molecule has 1 aliphatic heterocycles. The van der Waals surface area contributed by atoms with Gasteiger partial charge in [-0.15, -0.1) is 11.3 Å². The quantitative estimate of drug-likeness (QED) is 0.634. The number of carbonyl (C=O) groups is 1. The number of thiazole rings is 1. The van der Waals surface area contributed by atoms with Crippen LogP contribution in [0.5, 0.6) is 0 Å². The van der Waals surface area contributed by atoms with Crippen molar-refractivity contribution < 1.29 is 4.79 Å². The van der Waals surface area contributed by atoms with Crippen LogP contribution < -0.4 is 4.90 Å². The summed E-state index contributed by atoms with van der Waals surface area (Å²) in [6, 6.07) is 9.72. The van der Waals surface area contributed by atoms with Gasteiger partial charge in [-0.1, -0.05) is 18.1 Å². The zero-order valence-corrected chi connectivity index (χ0v) is 14.4. The number of benzene rings is 1. The number of pyridine rings is 1. The molecule has 0 unspecified atom stereocenters. The van der Waals surface area contributed by atoms with E-state index in [1.54, 1.807) is 28.6 Å². The van der Waals surface area contributed by atoms with Crippen molar-refractivity contribution in [3.63, 3.8) is 0 Å². The predicted molar refractivity (Wildman–Crippen MR) is 99.5 cm³/mol. The number of fused-ring (bicyclic) bond motifs is 1. The molecule has 5 nitrogen and oxygen atoms in total. The number of hydrogen-bond acceptors (Lipinski definition) is 5. The molecule has 6 heteroatoms. The lowest BCUT2D eigenvalue weighted by Crippen LogP contribution is -2.48. The van der Waals surface area contributed by atoms with Crippen molar-refractivity contribution in [2.45, 2.75) is 0 Å². The lowest BCUT2D eigenvalue weighted by Gasteiger charge is -2.33. The number of hydrogen-bond donors (Lipinski definition) is 0. The van der Waals surface area contributed by atoms with E-state index in [-0.39, 0.29) is 5.91 Å². The number of nitrogens with zero attached hydrogens (tertiary/aromatic N) is 4. The maximum Gasteiger partial charge on any atom is 0.298 e. The van der Waals surface area contributed by atoms with Crippen LogP contribution in [-0.2, 0) is 4.79 Å². The van der Waals surface area contributed by atoms with Crippen LogP contribution in [0, 0.1) is 11.8 Å². The molecule has 3 heterocycles. The normalized spacial score (nSPS) is 14.2. The molecule has 1 saturated heterocycles. The molecule has 0 bridgehead atoms. The third-order valence-electron chi connectivity index (χ3n) is 4.18. The Kier molecular flexibility index (Phi) is 4.32. The standard InChI is InChI=1S/C19H16N4OS/c24-18(22-9-11-23(12-10-22)19-21-8-13-25-19)6-4-15-3-5-16-2-1-7-20-17(16)14-15/h1-3,5,7-8,13-14H,9-12H2. The molecular formula is C19H16N4OS. The minimum absolute atomic E-state index is 0.125. The largest absolute Gasteiger partial charge is 0.345 e. The summed E-state index contributed by atoms with van der Waals surface area (Å²) < 4.78 is 0. The van der Waals surface area contributed by atoms with Gasteiger partial charge in [-0.25, -0.2) is 4.98 Å². The first-order chi connectivity index (χ1) is 12.3. The summed E-state index contributed by atoms with van der Waals surface area (Å²) in [7, 11) is 0. The Hall–Kier alpha value is -2.91. The van der Waals surface area contributed by atoms with Crippen LogP contribution in [-0.4, -0.2) is 47.0 Å². The average Bonchev–Trinajstić information content (AvgIpc) is 3.21. The van der Waals surface area contributed by atoms with Gasteiger partial charge in [-0.2, -0.15) is 0 Å². The van der Waals surface area contributed by atoms with Crippen molar-refractivity contribution in [1.82, 2.24) is 14.9 Å². The monoisotopic (exact) mass is 348 g/mol. The van der Waals surface area contributed by atoms with Crippen molar-refractivity contribution in [2.24, 2.45) is 0 Å². The third kappa shape index (κ3) is 3.47. The molecule has 0 aliphatic carbocycles. The SMILES string of the molecule is O=C(C#Cc1ccc2cccnc2c1)N1CCN(c2nccs2)CC1. The molecule has 3 aromatic rings. The molecule has 2 aromatic heterocycles. The van der Waals surface area contributed by atoms with Gasteiger partial charge in [0.25, 0.3) is 5.91 Å². The molecular weight excluding hydrogens is 332 g/mol. The summed E-state index contributed by atoms with van der Waals surface area (Å²) >= 11 is 1.62. The molecule has 4 rings (SSSR count). The smallest absolute Gasteiger partial charge is 0.298 e. The van der Waals surface area contributed by atoms with Gasteiger partial charge >= 0.3 is 0 Å². The second kappa shape index (κ2) is 6.91. The summed E-state index contributed by atoms with van der Waals surface area (Å²) in [5.74, 6) is 5.60. The van der Waals surface area contributed by atoms with E-state index in [2.05, 4.69) is 26.7 Å². The first-order valence-electron chi connectivity index (χ1n) is 8.10. The Morgan fingerprint density at radius 1 is 1.08 bits per heavy atom. The van der Waals surface area contributed by atoms with E-state index in [0.29, 0.717) is 13.1 Å². The minimum Gasteiger partial charge on any atom is -0.345 e.